The van der Waals surface area contributed by atoms with Crippen LogP contribution in [0.4, 0.5) is 5.82 Å². The van der Waals surface area contributed by atoms with Crippen LogP contribution >= 0.6 is 0 Å². The number of methoxy groups -OCH3 is 1. The average Bonchev–Trinajstić information content (AvgIpc) is 3.45. The van der Waals surface area contributed by atoms with Gasteiger partial charge in [0.1, 0.15) is 23.5 Å². The van der Waals surface area contributed by atoms with Crippen molar-refractivity contribution in [1.82, 2.24) is 15.8 Å². The van der Waals surface area contributed by atoms with Gasteiger partial charge in [0, 0.05) is 13.2 Å². The van der Waals surface area contributed by atoms with E-state index in [1.54, 1.807) is 19.9 Å². The zero-order valence-electron chi connectivity index (χ0n) is 19.2. The van der Waals surface area contributed by atoms with Gasteiger partial charge in [-0.1, -0.05) is 35.5 Å². The number of hydrogen-bond donors (Lipinski definition) is 3. The molecule has 0 saturated carbocycles. The van der Waals surface area contributed by atoms with Crippen LogP contribution < -0.4 is 16.0 Å². The minimum atomic E-state index is -1.29. The highest BCUT2D eigenvalue weighted by Gasteiger charge is 2.50. The third-order valence-electron chi connectivity index (χ3n) is 5.46. The molecule has 0 bridgehead atoms. The first-order valence-electron chi connectivity index (χ1n) is 10.7. The summed E-state index contributed by atoms with van der Waals surface area (Å²) in [5.74, 6) is -0.792. The highest BCUT2D eigenvalue weighted by Crippen LogP contribution is 2.29. The predicted octanol–water partition coefficient (Wildman–Crippen LogP) is 0.179. The molecule has 3 N–H and O–H groups in total. The van der Waals surface area contributed by atoms with E-state index in [1.807, 2.05) is 30.3 Å². The fraction of sp³-hybridized carbons (Fsp3) is 0.435. The average molecular weight is 472 g/mol. The smallest absolute Gasteiger partial charge is 0.246 e. The van der Waals surface area contributed by atoms with E-state index in [0.717, 1.165) is 5.56 Å². The maximum absolute atomic E-state index is 13.4. The fourth-order valence-corrected chi connectivity index (χ4v) is 3.51. The van der Waals surface area contributed by atoms with Crippen molar-refractivity contribution in [3.05, 3.63) is 47.7 Å². The third-order valence-corrected chi connectivity index (χ3v) is 5.46. The van der Waals surface area contributed by atoms with Crippen LogP contribution in [0.25, 0.3) is 0 Å². The van der Waals surface area contributed by atoms with Crippen LogP contribution in [0, 0.1) is 6.92 Å². The van der Waals surface area contributed by atoms with E-state index in [0.29, 0.717) is 12.2 Å². The summed E-state index contributed by atoms with van der Waals surface area (Å²) in [5, 5.41) is 11.7. The van der Waals surface area contributed by atoms with Gasteiger partial charge in [-0.25, -0.2) is 0 Å². The maximum atomic E-state index is 13.4. The number of Topliss-reactive ketones (excluding diaryl/α,β-unsaturated/α-hetero) is 2. The van der Waals surface area contributed by atoms with E-state index in [9.17, 15) is 19.2 Å². The monoisotopic (exact) mass is 472 g/mol. The van der Waals surface area contributed by atoms with Crippen molar-refractivity contribution in [1.29, 1.82) is 0 Å². The molecule has 11 heteroatoms. The predicted molar refractivity (Wildman–Crippen MR) is 120 cm³/mol. The molecule has 2 unspecified atom stereocenters. The lowest BCUT2D eigenvalue weighted by atomic mass is 9.94. The normalized spacial score (nSPS) is 19.4. The first-order valence-corrected chi connectivity index (χ1v) is 10.7. The molecule has 1 saturated heterocycles. The lowest BCUT2D eigenvalue weighted by Crippen LogP contribution is -2.57. The summed E-state index contributed by atoms with van der Waals surface area (Å²) in [7, 11) is 1.27. The van der Waals surface area contributed by atoms with Gasteiger partial charge in [0.15, 0.2) is 17.4 Å². The van der Waals surface area contributed by atoms with E-state index in [1.165, 1.54) is 7.11 Å². The maximum Gasteiger partial charge on any atom is 0.246 e. The molecule has 3 rings (SSSR count). The Morgan fingerprint density at radius 2 is 1.97 bits per heavy atom. The van der Waals surface area contributed by atoms with Crippen molar-refractivity contribution in [3.63, 3.8) is 0 Å². The number of amides is 2. The van der Waals surface area contributed by atoms with Gasteiger partial charge < -0.3 is 29.9 Å². The van der Waals surface area contributed by atoms with Crippen molar-refractivity contribution in [2.75, 3.05) is 25.6 Å². The van der Waals surface area contributed by atoms with Gasteiger partial charge in [0.05, 0.1) is 19.2 Å². The van der Waals surface area contributed by atoms with Crippen molar-refractivity contribution in [3.8, 4) is 0 Å². The zero-order valence-corrected chi connectivity index (χ0v) is 19.2. The van der Waals surface area contributed by atoms with Gasteiger partial charge >= 0.3 is 0 Å². The largest absolute Gasteiger partial charge is 0.371 e. The van der Waals surface area contributed by atoms with Crippen LogP contribution in [0.5, 0.6) is 0 Å². The molecule has 2 heterocycles. The Kier molecular flexibility index (Phi) is 8.13. The van der Waals surface area contributed by atoms with Crippen molar-refractivity contribution < 1.29 is 33.2 Å². The summed E-state index contributed by atoms with van der Waals surface area (Å²) in [6, 6.07) is 8.60. The van der Waals surface area contributed by atoms with E-state index in [4.69, 9.17) is 14.0 Å². The second kappa shape index (κ2) is 11.0. The molecule has 182 valence electrons. The number of aryl methyl sites for hydroxylation is 1. The SMILES string of the molecule is COC(C(=O)CNC=O)[C@H](Nc1cc(C)on1)C(=O)N[C@@H](Cc1ccccc1)C(=O)C1(C)CO1. The lowest BCUT2D eigenvalue weighted by Gasteiger charge is -2.27. The zero-order chi connectivity index (χ0) is 24.7. The Labute approximate surface area is 196 Å². The summed E-state index contributed by atoms with van der Waals surface area (Å²) in [6.07, 6.45) is -0.679. The summed E-state index contributed by atoms with van der Waals surface area (Å²) >= 11 is 0. The number of hydrogen-bond acceptors (Lipinski definition) is 9. The van der Waals surface area contributed by atoms with Crippen LogP contribution in [0.3, 0.4) is 0 Å². The van der Waals surface area contributed by atoms with Gasteiger partial charge in [-0.3, -0.25) is 19.2 Å². The molecule has 1 aliphatic rings. The molecular weight excluding hydrogens is 444 g/mol. The Morgan fingerprint density at radius 1 is 1.26 bits per heavy atom. The van der Waals surface area contributed by atoms with E-state index in [-0.39, 0.29) is 31.2 Å². The van der Waals surface area contributed by atoms with Gasteiger partial charge in [-0.05, 0) is 25.8 Å². The Bertz CT molecular complexity index is 1020. The molecular formula is C23H28N4O7. The highest BCUT2D eigenvalue weighted by atomic mass is 16.6. The van der Waals surface area contributed by atoms with Crippen molar-refractivity contribution >= 4 is 29.7 Å². The number of ether oxygens (including phenoxy) is 2. The molecule has 2 amide bonds. The van der Waals surface area contributed by atoms with Crippen LogP contribution in [0.1, 0.15) is 18.2 Å². The third kappa shape index (κ3) is 6.27. The fourth-order valence-electron chi connectivity index (χ4n) is 3.51. The number of rotatable bonds is 14. The van der Waals surface area contributed by atoms with Gasteiger partial charge in [0.25, 0.3) is 0 Å². The Morgan fingerprint density at radius 3 is 2.53 bits per heavy atom. The minimum Gasteiger partial charge on any atom is -0.371 e. The van der Waals surface area contributed by atoms with Crippen molar-refractivity contribution in [2.24, 2.45) is 0 Å². The summed E-state index contributed by atoms with van der Waals surface area (Å²) in [4.78, 5) is 49.9. The summed E-state index contributed by atoms with van der Waals surface area (Å²) in [5.41, 5.74) is -0.125. The van der Waals surface area contributed by atoms with Crippen LogP contribution in [-0.4, -0.2) is 73.1 Å². The van der Waals surface area contributed by atoms with E-state index < -0.39 is 35.5 Å². The topological polar surface area (TPSA) is 152 Å². The number of epoxide rings is 1. The van der Waals surface area contributed by atoms with Gasteiger partial charge in [0.2, 0.25) is 12.3 Å². The number of aromatic nitrogens is 1. The molecule has 4 atom stereocenters. The number of nitrogens with zero attached hydrogens (tertiary/aromatic N) is 1. The van der Waals surface area contributed by atoms with Crippen LogP contribution in [-0.2, 0) is 35.1 Å². The Balaban J connectivity index is 1.85. The number of nitrogens with one attached hydrogen (secondary N) is 3. The van der Waals surface area contributed by atoms with Crippen LogP contribution in [0.2, 0.25) is 0 Å². The second-order valence-corrected chi connectivity index (χ2v) is 8.20. The molecule has 0 aliphatic carbocycles. The Hall–Kier alpha value is -3.57. The standard InChI is InChI=1S/C23H28N4O7/c1-14-9-18(27-34-14)26-19(20(32-3)17(29)11-24-13-28)22(31)25-16(21(30)23(2)12-33-23)10-15-7-5-4-6-8-15/h4-9,13,16,19-20H,10-12H2,1-3H3,(H,24,28)(H,25,31)(H,26,27)/t16-,19-,20?,23?/m0/s1. The number of carbonyl (C=O) groups is 4. The molecule has 1 aromatic heterocycles. The number of benzene rings is 1. The second-order valence-electron chi connectivity index (χ2n) is 8.20. The van der Waals surface area contributed by atoms with Crippen molar-refractivity contribution in [2.45, 2.75) is 44.1 Å². The molecule has 0 spiro atoms. The number of carbonyl (C=O) groups excluding carboxylic acids is 4. The molecule has 1 fully saturated rings. The number of ketones is 2. The molecule has 0 radical (unpaired) electrons. The lowest BCUT2D eigenvalue weighted by molar-refractivity contribution is -0.137. The van der Waals surface area contributed by atoms with E-state index >= 15 is 0 Å². The molecule has 11 nitrogen and oxygen atoms in total. The molecule has 2 aromatic rings. The molecule has 1 aromatic carbocycles. The summed E-state index contributed by atoms with van der Waals surface area (Å²) < 4.78 is 15.7. The van der Waals surface area contributed by atoms with E-state index in [2.05, 4.69) is 21.1 Å². The molecule has 34 heavy (non-hydrogen) atoms. The first kappa shape index (κ1) is 25.1. The van der Waals surface area contributed by atoms with Crippen LogP contribution in [0.15, 0.2) is 40.9 Å². The minimum absolute atomic E-state index is 0.208. The molecule has 1 aliphatic heterocycles. The first-order chi connectivity index (χ1) is 16.3. The quantitative estimate of drug-likeness (QED) is 0.258. The number of anilines is 1. The van der Waals surface area contributed by atoms with Gasteiger partial charge in [-0.15, -0.1) is 0 Å². The highest BCUT2D eigenvalue weighted by molar-refractivity contribution is 6.00. The van der Waals surface area contributed by atoms with Gasteiger partial charge in [-0.2, -0.15) is 0 Å². The summed E-state index contributed by atoms with van der Waals surface area (Å²) in [6.45, 7) is 3.26.